The van der Waals surface area contributed by atoms with Gasteiger partial charge in [-0.15, -0.1) is 0 Å². The molecule has 7 nitrogen and oxygen atoms in total. The van der Waals surface area contributed by atoms with Crippen molar-refractivity contribution in [1.29, 1.82) is 0 Å². The molecule has 0 fully saturated rings. The molecule has 0 unspecified atom stereocenters. The minimum atomic E-state index is -4.72. The summed E-state index contributed by atoms with van der Waals surface area (Å²) in [5, 5.41) is 3.16. The van der Waals surface area contributed by atoms with Crippen LogP contribution in [0.3, 0.4) is 0 Å². The zero-order chi connectivity index (χ0) is 24.3. The first-order valence-corrected chi connectivity index (χ1v) is 10.7. The van der Waals surface area contributed by atoms with E-state index >= 15 is 0 Å². The van der Waals surface area contributed by atoms with Crippen molar-refractivity contribution in [3.8, 4) is 11.4 Å². The maximum absolute atomic E-state index is 14.1. The summed E-state index contributed by atoms with van der Waals surface area (Å²) in [6, 6.07) is 4.31. The number of alkyl halides is 3. The first-order chi connectivity index (χ1) is 16.2. The Hall–Kier alpha value is -3.63. The van der Waals surface area contributed by atoms with E-state index in [1.54, 1.807) is 18.5 Å². The number of anilines is 1. The highest BCUT2D eigenvalue weighted by Crippen LogP contribution is 2.29. The molecule has 0 saturated carbocycles. The van der Waals surface area contributed by atoms with Crippen LogP contribution in [0.1, 0.15) is 35.4 Å². The van der Waals surface area contributed by atoms with Crippen molar-refractivity contribution < 1.29 is 22.4 Å². The van der Waals surface area contributed by atoms with Crippen LogP contribution in [0, 0.1) is 12.7 Å². The van der Waals surface area contributed by atoms with E-state index in [-0.39, 0.29) is 12.2 Å². The molecule has 1 amide bonds. The van der Waals surface area contributed by atoms with Crippen molar-refractivity contribution in [3.63, 3.8) is 0 Å². The third kappa shape index (κ3) is 5.29. The number of rotatable bonds is 3. The Morgan fingerprint density at radius 3 is 2.65 bits per heavy atom. The highest BCUT2D eigenvalue weighted by Gasteiger charge is 2.33. The number of aryl methyl sites for hydroxylation is 2. The number of pyridine rings is 2. The maximum atomic E-state index is 14.1. The number of hydrogen-bond donors (Lipinski definition) is 1. The second kappa shape index (κ2) is 9.70. The van der Waals surface area contributed by atoms with Gasteiger partial charge in [-0.2, -0.15) is 13.2 Å². The highest BCUT2D eigenvalue weighted by atomic mass is 19.4. The molecule has 1 aliphatic heterocycles. The average Bonchev–Trinajstić information content (AvgIpc) is 2.90. The minimum absolute atomic E-state index is 0.0955. The second-order valence-electron chi connectivity index (χ2n) is 7.99. The molecule has 1 aliphatic rings. The summed E-state index contributed by atoms with van der Waals surface area (Å²) >= 11 is 0. The number of nitrogens with zero attached hydrogens (tertiary/aromatic N) is 5. The van der Waals surface area contributed by atoms with Crippen LogP contribution in [0.2, 0.25) is 0 Å². The molecule has 0 atom stereocenters. The van der Waals surface area contributed by atoms with Crippen LogP contribution in [0.15, 0.2) is 36.8 Å². The summed E-state index contributed by atoms with van der Waals surface area (Å²) in [6.45, 7) is 2.32. The lowest BCUT2D eigenvalue weighted by Gasteiger charge is -2.23. The molecular weight excluding hydrogens is 452 g/mol. The van der Waals surface area contributed by atoms with Crippen molar-refractivity contribution in [2.24, 2.45) is 0 Å². The van der Waals surface area contributed by atoms with E-state index in [4.69, 9.17) is 0 Å². The molecule has 3 aromatic heterocycles. The zero-order valence-corrected chi connectivity index (χ0v) is 18.4. The van der Waals surface area contributed by atoms with Gasteiger partial charge in [0.2, 0.25) is 5.91 Å². The Kier molecular flexibility index (Phi) is 6.71. The number of hydrogen-bond acceptors (Lipinski definition) is 6. The van der Waals surface area contributed by atoms with Gasteiger partial charge in [0, 0.05) is 30.1 Å². The lowest BCUT2D eigenvalue weighted by atomic mass is 10.0. The fourth-order valence-electron chi connectivity index (χ4n) is 3.78. The number of nitrogens with one attached hydrogen (secondary N) is 1. The lowest BCUT2D eigenvalue weighted by molar-refractivity contribution is -0.141. The van der Waals surface area contributed by atoms with Crippen LogP contribution in [0.4, 0.5) is 23.4 Å². The largest absolute Gasteiger partial charge is 0.433 e. The Morgan fingerprint density at radius 1 is 1.15 bits per heavy atom. The van der Waals surface area contributed by atoms with Crippen molar-refractivity contribution in [1.82, 2.24) is 24.8 Å². The van der Waals surface area contributed by atoms with E-state index in [0.717, 1.165) is 17.5 Å². The van der Waals surface area contributed by atoms with Crippen LogP contribution < -0.4 is 5.32 Å². The molecule has 3 aromatic rings. The number of amides is 1. The Labute approximate surface area is 193 Å². The van der Waals surface area contributed by atoms with Crippen LogP contribution in [-0.4, -0.2) is 44.0 Å². The van der Waals surface area contributed by atoms with Crippen LogP contribution in [-0.2, 0) is 23.8 Å². The van der Waals surface area contributed by atoms with Gasteiger partial charge in [-0.1, -0.05) is 0 Å². The summed E-state index contributed by atoms with van der Waals surface area (Å²) in [5.74, 6) is -0.243. The minimum Gasteiger partial charge on any atom is -0.352 e. The standard InChI is InChI=1S/C23H22F4N6O/c1-14-17(22-28-6-4-7-29-22)9-15-5-2-3-8-33(13-31-21(15)32-14)20(34)11-16-10-19(23(25,26)27)30-12-18(16)24/h4,6-7,9-10,12H,2-3,5,8,11,13H2,1H3,(H,31,32). The number of halogens is 4. The van der Waals surface area contributed by atoms with Crippen molar-refractivity contribution in [2.75, 3.05) is 18.5 Å². The van der Waals surface area contributed by atoms with Gasteiger partial charge in [-0.3, -0.25) is 4.79 Å². The van der Waals surface area contributed by atoms with E-state index in [1.165, 1.54) is 4.90 Å². The molecule has 0 radical (unpaired) electrons. The number of carbonyl (C=O) groups is 1. The third-order valence-corrected chi connectivity index (χ3v) is 5.58. The summed E-state index contributed by atoms with van der Waals surface area (Å²) in [5.41, 5.74) is 0.924. The van der Waals surface area contributed by atoms with E-state index in [2.05, 4.69) is 25.3 Å². The summed E-state index contributed by atoms with van der Waals surface area (Å²) in [7, 11) is 0. The fraction of sp³-hybridized carbons (Fsp3) is 0.348. The van der Waals surface area contributed by atoms with Crippen molar-refractivity contribution >= 4 is 11.7 Å². The molecule has 0 aliphatic carbocycles. The summed E-state index contributed by atoms with van der Waals surface area (Å²) in [6.07, 6.45) is 0.753. The Bertz CT molecular complexity index is 1190. The van der Waals surface area contributed by atoms with Crippen molar-refractivity contribution in [3.05, 3.63) is 65.1 Å². The molecule has 0 spiro atoms. The van der Waals surface area contributed by atoms with Crippen molar-refractivity contribution in [2.45, 2.75) is 38.8 Å². The van der Waals surface area contributed by atoms with Gasteiger partial charge in [0.15, 0.2) is 5.82 Å². The number of fused-ring (bicyclic) bond motifs is 1. The molecule has 0 aromatic carbocycles. The predicted molar refractivity (Wildman–Crippen MR) is 116 cm³/mol. The molecule has 178 valence electrons. The Morgan fingerprint density at radius 2 is 1.91 bits per heavy atom. The first-order valence-electron chi connectivity index (χ1n) is 10.7. The molecule has 0 saturated heterocycles. The SMILES string of the molecule is Cc1nc2c(cc1-c1ncccn1)CCCCN(C(=O)Cc1cc(C(F)(F)F)ncc1F)CN2. The monoisotopic (exact) mass is 474 g/mol. The molecule has 4 rings (SSSR count). The zero-order valence-electron chi connectivity index (χ0n) is 18.4. The van der Waals surface area contributed by atoms with E-state index in [9.17, 15) is 22.4 Å². The van der Waals surface area contributed by atoms with Crippen LogP contribution in [0.25, 0.3) is 11.4 Å². The Balaban J connectivity index is 1.52. The molecule has 0 bridgehead atoms. The van der Waals surface area contributed by atoms with Gasteiger partial charge in [-0.05, 0) is 49.9 Å². The smallest absolute Gasteiger partial charge is 0.352 e. The van der Waals surface area contributed by atoms with Gasteiger partial charge in [0.1, 0.15) is 17.3 Å². The first kappa shape index (κ1) is 23.5. The van der Waals surface area contributed by atoms with Crippen LogP contribution >= 0.6 is 0 Å². The molecule has 4 heterocycles. The fourth-order valence-corrected chi connectivity index (χ4v) is 3.78. The summed E-state index contributed by atoms with van der Waals surface area (Å²) < 4.78 is 52.9. The molecule has 11 heteroatoms. The van der Waals surface area contributed by atoms with Crippen LogP contribution in [0.5, 0.6) is 0 Å². The number of aromatic nitrogens is 4. The van der Waals surface area contributed by atoms with E-state index < -0.39 is 30.0 Å². The lowest BCUT2D eigenvalue weighted by Crippen LogP contribution is -2.37. The maximum Gasteiger partial charge on any atom is 0.433 e. The van der Waals surface area contributed by atoms with Gasteiger partial charge < -0.3 is 10.2 Å². The predicted octanol–water partition coefficient (Wildman–Crippen LogP) is 4.18. The molecule has 1 N–H and O–H groups in total. The van der Waals surface area contributed by atoms with Gasteiger partial charge in [0.05, 0.1) is 25.0 Å². The summed E-state index contributed by atoms with van der Waals surface area (Å²) in [4.78, 5) is 30.6. The van der Waals surface area contributed by atoms with Gasteiger partial charge in [-0.25, -0.2) is 24.3 Å². The average molecular weight is 474 g/mol. The van der Waals surface area contributed by atoms with E-state index in [0.29, 0.717) is 49.0 Å². The second-order valence-corrected chi connectivity index (χ2v) is 7.99. The van der Waals surface area contributed by atoms with Gasteiger partial charge >= 0.3 is 6.18 Å². The normalized spacial score (nSPS) is 14.4. The topological polar surface area (TPSA) is 83.9 Å². The number of carbonyl (C=O) groups excluding carboxylic acids is 1. The molecule has 34 heavy (non-hydrogen) atoms. The quantitative estimate of drug-likeness (QED) is 0.574. The third-order valence-electron chi connectivity index (χ3n) is 5.58. The van der Waals surface area contributed by atoms with E-state index in [1.807, 2.05) is 13.0 Å². The highest BCUT2D eigenvalue weighted by molar-refractivity contribution is 5.79. The van der Waals surface area contributed by atoms with Gasteiger partial charge in [0.25, 0.3) is 0 Å². The molecular formula is C23H22F4N6O.